The van der Waals surface area contributed by atoms with E-state index in [-0.39, 0.29) is 17.9 Å². The standard InChI is InChI=1S/C23H30N2O3S/c1-18(2)22(25-29(27,28)17-16-21-12-8-5-9-13-21)23(26)24-19(3)14-15-20-10-6-4-7-11-20/h4-13,16-19,22,25H,14-15H2,1-3H3,(H,24,26)/b17-16-/t19-,22-/m0/s1. The SMILES string of the molecule is CC(C)[C@H](NS(=O)(=O)/C=C\c1ccccc1)C(=O)N[C@@H](C)CCc1ccccc1. The van der Waals surface area contributed by atoms with Crippen LogP contribution >= 0.6 is 0 Å². The third-order valence-electron chi connectivity index (χ3n) is 4.58. The Kier molecular flexibility index (Phi) is 8.61. The Morgan fingerprint density at radius 2 is 1.55 bits per heavy atom. The minimum atomic E-state index is -3.75. The molecule has 0 aliphatic carbocycles. The maximum atomic E-state index is 12.7. The van der Waals surface area contributed by atoms with E-state index in [4.69, 9.17) is 0 Å². The summed E-state index contributed by atoms with van der Waals surface area (Å²) in [5.74, 6) is -0.492. The summed E-state index contributed by atoms with van der Waals surface area (Å²) < 4.78 is 27.4. The fraction of sp³-hybridized carbons (Fsp3) is 0.348. The fourth-order valence-electron chi connectivity index (χ4n) is 2.87. The molecule has 2 rings (SSSR count). The largest absolute Gasteiger partial charge is 0.352 e. The van der Waals surface area contributed by atoms with Crippen molar-refractivity contribution in [2.24, 2.45) is 5.92 Å². The van der Waals surface area contributed by atoms with Crippen molar-refractivity contribution in [1.29, 1.82) is 0 Å². The van der Waals surface area contributed by atoms with E-state index in [2.05, 4.69) is 22.2 Å². The van der Waals surface area contributed by atoms with Crippen LogP contribution in [0.1, 0.15) is 38.3 Å². The summed E-state index contributed by atoms with van der Waals surface area (Å²) in [6.45, 7) is 5.58. The topological polar surface area (TPSA) is 75.3 Å². The lowest BCUT2D eigenvalue weighted by Crippen LogP contribution is -2.51. The first-order valence-electron chi connectivity index (χ1n) is 9.86. The second-order valence-corrected chi connectivity index (χ2v) is 9.13. The van der Waals surface area contributed by atoms with Crippen LogP contribution in [0.5, 0.6) is 0 Å². The third-order valence-corrected chi connectivity index (χ3v) is 5.65. The average Bonchev–Trinajstić information content (AvgIpc) is 2.70. The minimum absolute atomic E-state index is 0.0617. The molecule has 2 atom stereocenters. The molecule has 0 radical (unpaired) electrons. The van der Waals surface area contributed by atoms with Crippen molar-refractivity contribution in [2.75, 3.05) is 0 Å². The van der Waals surface area contributed by atoms with Crippen molar-refractivity contribution in [1.82, 2.24) is 10.0 Å². The first-order valence-corrected chi connectivity index (χ1v) is 11.4. The number of carbonyl (C=O) groups is 1. The summed E-state index contributed by atoms with van der Waals surface area (Å²) in [5.41, 5.74) is 1.98. The van der Waals surface area contributed by atoms with Crippen molar-refractivity contribution < 1.29 is 13.2 Å². The van der Waals surface area contributed by atoms with Gasteiger partial charge in [-0.15, -0.1) is 0 Å². The zero-order valence-corrected chi connectivity index (χ0v) is 18.0. The van der Waals surface area contributed by atoms with E-state index in [9.17, 15) is 13.2 Å². The first kappa shape index (κ1) is 22.8. The van der Waals surface area contributed by atoms with Gasteiger partial charge in [0.2, 0.25) is 15.9 Å². The Bertz CT molecular complexity index is 894. The van der Waals surface area contributed by atoms with Gasteiger partial charge in [-0.05, 0) is 42.9 Å². The predicted molar refractivity (Wildman–Crippen MR) is 119 cm³/mol. The molecule has 0 saturated carbocycles. The van der Waals surface area contributed by atoms with Gasteiger partial charge in [0.05, 0.1) is 0 Å². The van der Waals surface area contributed by atoms with E-state index in [1.807, 2.05) is 69.3 Å². The molecule has 5 nitrogen and oxygen atoms in total. The monoisotopic (exact) mass is 414 g/mol. The lowest BCUT2D eigenvalue weighted by Gasteiger charge is -2.23. The molecular weight excluding hydrogens is 384 g/mol. The zero-order chi connectivity index (χ0) is 21.3. The van der Waals surface area contributed by atoms with Crippen molar-refractivity contribution in [3.8, 4) is 0 Å². The molecule has 0 bridgehead atoms. The van der Waals surface area contributed by atoms with Crippen LogP contribution in [0.4, 0.5) is 0 Å². The molecular formula is C23H30N2O3S. The van der Waals surface area contributed by atoms with E-state index in [0.717, 1.165) is 23.8 Å². The van der Waals surface area contributed by atoms with E-state index in [1.165, 1.54) is 11.6 Å². The highest BCUT2D eigenvalue weighted by molar-refractivity contribution is 7.92. The number of benzene rings is 2. The van der Waals surface area contributed by atoms with Crippen LogP contribution in [0.25, 0.3) is 6.08 Å². The van der Waals surface area contributed by atoms with Gasteiger partial charge in [-0.2, -0.15) is 4.72 Å². The Hall–Kier alpha value is -2.44. The maximum absolute atomic E-state index is 12.7. The predicted octanol–water partition coefficient (Wildman–Crippen LogP) is 3.74. The van der Waals surface area contributed by atoms with Gasteiger partial charge >= 0.3 is 0 Å². The Morgan fingerprint density at radius 1 is 0.966 bits per heavy atom. The molecule has 0 aliphatic heterocycles. The number of rotatable bonds is 10. The molecule has 29 heavy (non-hydrogen) atoms. The quantitative estimate of drug-likeness (QED) is 0.622. The molecule has 0 aromatic heterocycles. The van der Waals surface area contributed by atoms with Gasteiger partial charge in [-0.3, -0.25) is 4.79 Å². The maximum Gasteiger partial charge on any atom is 0.238 e. The van der Waals surface area contributed by atoms with Crippen molar-refractivity contribution in [2.45, 2.75) is 45.7 Å². The van der Waals surface area contributed by atoms with Crippen molar-refractivity contribution in [3.05, 3.63) is 77.2 Å². The van der Waals surface area contributed by atoms with Crippen LogP contribution in [-0.4, -0.2) is 26.4 Å². The number of carbonyl (C=O) groups excluding carboxylic acids is 1. The number of hydrogen-bond acceptors (Lipinski definition) is 3. The molecule has 0 aliphatic rings. The summed E-state index contributed by atoms with van der Waals surface area (Å²) in [4.78, 5) is 12.7. The summed E-state index contributed by atoms with van der Waals surface area (Å²) in [5, 5.41) is 4.04. The normalized spacial score (nSPS) is 14.1. The lowest BCUT2D eigenvalue weighted by molar-refractivity contribution is -0.124. The van der Waals surface area contributed by atoms with E-state index < -0.39 is 16.1 Å². The van der Waals surface area contributed by atoms with Crippen LogP contribution in [-0.2, 0) is 21.2 Å². The molecule has 0 spiro atoms. The average molecular weight is 415 g/mol. The molecule has 0 heterocycles. The van der Waals surface area contributed by atoms with E-state index in [1.54, 1.807) is 0 Å². The molecule has 0 fully saturated rings. The van der Waals surface area contributed by atoms with Crippen LogP contribution in [0.2, 0.25) is 0 Å². The first-order chi connectivity index (χ1) is 13.8. The molecule has 1 amide bonds. The van der Waals surface area contributed by atoms with Crippen molar-refractivity contribution >= 4 is 22.0 Å². The van der Waals surface area contributed by atoms with E-state index in [0.29, 0.717) is 0 Å². The van der Waals surface area contributed by atoms with E-state index >= 15 is 0 Å². The van der Waals surface area contributed by atoms with Crippen LogP contribution in [0.15, 0.2) is 66.1 Å². The van der Waals surface area contributed by atoms with Gasteiger partial charge in [-0.1, -0.05) is 74.5 Å². The van der Waals surface area contributed by atoms with Crippen LogP contribution < -0.4 is 10.0 Å². The molecule has 0 saturated heterocycles. The number of aryl methyl sites for hydroxylation is 1. The van der Waals surface area contributed by atoms with Gasteiger partial charge < -0.3 is 5.32 Å². The fourth-order valence-corrected chi connectivity index (χ4v) is 4.02. The molecule has 0 unspecified atom stereocenters. The Labute approximate surface area is 174 Å². The third kappa shape index (κ3) is 8.21. The molecule has 2 aromatic rings. The number of amides is 1. The molecule has 2 aromatic carbocycles. The van der Waals surface area contributed by atoms with Gasteiger partial charge in [0.25, 0.3) is 0 Å². The highest BCUT2D eigenvalue weighted by Gasteiger charge is 2.27. The molecule has 156 valence electrons. The smallest absolute Gasteiger partial charge is 0.238 e. The van der Waals surface area contributed by atoms with Gasteiger partial charge in [0.1, 0.15) is 6.04 Å². The van der Waals surface area contributed by atoms with Crippen molar-refractivity contribution in [3.63, 3.8) is 0 Å². The second kappa shape index (κ2) is 10.9. The van der Waals surface area contributed by atoms with Gasteiger partial charge in [0.15, 0.2) is 0 Å². The summed E-state index contributed by atoms with van der Waals surface area (Å²) >= 11 is 0. The summed E-state index contributed by atoms with van der Waals surface area (Å²) in [6.07, 6.45) is 3.14. The minimum Gasteiger partial charge on any atom is -0.352 e. The Morgan fingerprint density at radius 3 is 2.14 bits per heavy atom. The second-order valence-electron chi connectivity index (χ2n) is 7.53. The number of nitrogens with one attached hydrogen (secondary N) is 2. The highest BCUT2D eigenvalue weighted by atomic mass is 32.2. The van der Waals surface area contributed by atoms with Gasteiger partial charge in [-0.25, -0.2) is 8.42 Å². The van der Waals surface area contributed by atoms with Crippen LogP contribution in [0.3, 0.4) is 0 Å². The number of hydrogen-bond donors (Lipinski definition) is 2. The Balaban J connectivity index is 1.95. The van der Waals surface area contributed by atoms with Gasteiger partial charge in [0, 0.05) is 11.4 Å². The summed E-state index contributed by atoms with van der Waals surface area (Å²) in [6, 6.07) is 18.3. The molecule has 6 heteroatoms. The van der Waals surface area contributed by atoms with Crippen LogP contribution in [0, 0.1) is 5.92 Å². The zero-order valence-electron chi connectivity index (χ0n) is 17.2. The highest BCUT2D eigenvalue weighted by Crippen LogP contribution is 2.09. The summed E-state index contributed by atoms with van der Waals surface area (Å²) in [7, 11) is -3.75. The molecule has 2 N–H and O–H groups in total. The number of sulfonamides is 1. The lowest BCUT2D eigenvalue weighted by atomic mass is 10.0.